The molecule has 0 fully saturated rings. The van der Waals surface area contributed by atoms with Crippen molar-refractivity contribution in [3.63, 3.8) is 0 Å². The lowest BCUT2D eigenvalue weighted by atomic mass is 10.1. The van der Waals surface area contributed by atoms with Crippen molar-refractivity contribution in [2.75, 3.05) is 0 Å². The summed E-state index contributed by atoms with van der Waals surface area (Å²) in [4.78, 5) is 9.83. The predicted molar refractivity (Wildman–Crippen MR) is 118 cm³/mol. The topological polar surface area (TPSA) is 58.9 Å². The lowest BCUT2D eigenvalue weighted by Gasteiger charge is -2.14. The van der Waals surface area contributed by atoms with E-state index in [0.717, 1.165) is 25.7 Å². The summed E-state index contributed by atoms with van der Waals surface area (Å²) in [6.07, 6.45) is 21.8. The fraction of sp³-hybridized carbons (Fsp3) is 1.00. The normalized spacial score (nSPS) is 13.7. The van der Waals surface area contributed by atoms with Gasteiger partial charge in [0.2, 0.25) is 0 Å². The maximum Gasteiger partial charge on any atom is 0.188 e. The second kappa shape index (κ2) is 23.1. The average molecular weight is 403 g/mol. The molecule has 4 heteroatoms. The third-order valence-corrected chi connectivity index (χ3v) is 5.39. The van der Waals surface area contributed by atoms with Crippen LogP contribution in [0.3, 0.4) is 0 Å². The van der Waals surface area contributed by atoms with Gasteiger partial charge in [0, 0.05) is 12.8 Å². The second-order valence-corrected chi connectivity index (χ2v) is 8.34. The highest BCUT2D eigenvalue weighted by atomic mass is 17.2. The molecular formula is C24H50O4. The molecule has 170 valence electrons. The summed E-state index contributed by atoms with van der Waals surface area (Å²) in [6.45, 7) is 4.49. The van der Waals surface area contributed by atoms with Crippen molar-refractivity contribution >= 4 is 0 Å². The van der Waals surface area contributed by atoms with Crippen molar-refractivity contribution in [2.24, 2.45) is 0 Å². The molecule has 0 aliphatic rings. The van der Waals surface area contributed by atoms with Gasteiger partial charge in [-0.05, 0) is 12.8 Å². The Kier molecular flexibility index (Phi) is 23.0. The summed E-state index contributed by atoms with van der Waals surface area (Å²) in [5.74, 6) is 0. The van der Waals surface area contributed by atoms with Crippen LogP contribution in [0.1, 0.15) is 142 Å². The van der Waals surface area contributed by atoms with Gasteiger partial charge >= 0.3 is 0 Å². The number of unbranched alkanes of at least 4 members (excludes halogenated alkanes) is 16. The van der Waals surface area contributed by atoms with Gasteiger partial charge < -0.3 is 10.2 Å². The van der Waals surface area contributed by atoms with Crippen molar-refractivity contribution in [1.82, 2.24) is 0 Å². The number of hydrogen-bond donors (Lipinski definition) is 2. The van der Waals surface area contributed by atoms with E-state index in [2.05, 4.69) is 13.8 Å². The maximum absolute atomic E-state index is 9.77. The van der Waals surface area contributed by atoms with Crippen molar-refractivity contribution < 1.29 is 20.0 Å². The van der Waals surface area contributed by atoms with Crippen molar-refractivity contribution in [2.45, 2.75) is 155 Å². The summed E-state index contributed by atoms with van der Waals surface area (Å²) in [6, 6.07) is 0. The summed E-state index contributed by atoms with van der Waals surface area (Å²) < 4.78 is 0. The zero-order valence-electron chi connectivity index (χ0n) is 19.0. The molecule has 0 aromatic carbocycles. The molecule has 2 N–H and O–H groups in total. The van der Waals surface area contributed by atoms with Gasteiger partial charge in [0.25, 0.3) is 0 Å². The van der Waals surface area contributed by atoms with Crippen molar-refractivity contribution in [3.05, 3.63) is 0 Å². The predicted octanol–water partition coefficient (Wildman–Crippen LogP) is 7.41. The summed E-state index contributed by atoms with van der Waals surface area (Å²) in [5, 5.41) is 19.5. The van der Waals surface area contributed by atoms with Gasteiger partial charge in [-0.3, -0.25) is 0 Å². The van der Waals surface area contributed by atoms with E-state index in [1.807, 2.05) is 0 Å². The summed E-state index contributed by atoms with van der Waals surface area (Å²) in [7, 11) is 0. The van der Waals surface area contributed by atoms with Crippen molar-refractivity contribution in [3.8, 4) is 0 Å². The molecule has 0 aromatic heterocycles. The molecule has 0 heterocycles. The van der Waals surface area contributed by atoms with E-state index >= 15 is 0 Å². The van der Waals surface area contributed by atoms with Crippen molar-refractivity contribution in [1.29, 1.82) is 0 Å². The minimum atomic E-state index is -0.928. The van der Waals surface area contributed by atoms with Crippen LogP contribution >= 0.6 is 0 Å². The van der Waals surface area contributed by atoms with E-state index in [9.17, 15) is 10.2 Å². The Morgan fingerprint density at radius 2 is 0.679 bits per heavy atom. The molecular weight excluding hydrogens is 352 g/mol. The Hall–Kier alpha value is -0.160. The zero-order valence-corrected chi connectivity index (χ0v) is 19.0. The molecule has 0 saturated heterocycles. The van der Waals surface area contributed by atoms with Crippen LogP contribution in [0.15, 0.2) is 0 Å². The van der Waals surface area contributed by atoms with E-state index in [1.165, 1.54) is 89.9 Å². The van der Waals surface area contributed by atoms with Crippen LogP contribution in [0.4, 0.5) is 0 Å². The smallest absolute Gasteiger partial charge is 0.188 e. The van der Waals surface area contributed by atoms with Gasteiger partial charge in [-0.25, -0.2) is 9.78 Å². The second-order valence-electron chi connectivity index (χ2n) is 8.34. The molecule has 0 aliphatic heterocycles. The number of aliphatic hydroxyl groups is 2. The van der Waals surface area contributed by atoms with Crippen LogP contribution < -0.4 is 0 Å². The maximum atomic E-state index is 9.77. The van der Waals surface area contributed by atoms with E-state index in [4.69, 9.17) is 9.78 Å². The quantitative estimate of drug-likeness (QED) is 0.0808. The number of rotatable bonds is 23. The molecule has 0 rings (SSSR count). The standard InChI is InChI=1S/C24H50O4/c1-3-5-7-9-11-13-15-17-19-21-23(25)27-28-24(26)22-20-18-16-14-12-10-8-6-4-2/h23-26H,3-22H2,1-2H3/t23-,24+. The highest BCUT2D eigenvalue weighted by Crippen LogP contribution is 2.14. The molecule has 0 unspecified atom stereocenters. The van der Waals surface area contributed by atoms with Crippen LogP contribution in [0.25, 0.3) is 0 Å². The zero-order chi connectivity index (χ0) is 20.7. The lowest BCUT2D eigenvalue weighted by molar-refractivity contribution is -0.424. The first-order valence-electron chi connectivity index (χ1n) is 12.4. The minimum absolute atomic E-state index is 0.570. The van der Waals surface area contributed by atoms with E-state index < -0.39 is 12.6 Å². The Morgan fingerprint density at radius 1 is 0.429 bits per heavy atom. The first-order valence-corrected chi connectivity index (χ1v) is 12.4. The van der Waals surface area contributed by atoms with Crippen LogP contribution in [0, 0.1) is 0 Å². The van der Waals surface area contributed by atoms with Crippen LogP contribution in [-0.2, 0) is 9.78 Å². The first-order chi connectivity index (χ1) is 13.7. The van der Waals surface area contributed by atoms with Crippen LogP contribution in [-0.4, -0.2) is 22.8 Å². The molecule has 0 saturated carbocycles. The van der Waals surface area contributed by atoms with Crippen LogP contribution in [0.5, 0.6) is 0 Å². The van der Waals surface area contributed by atoms with Gasteiger partial charge in [-0.1, -0.05) is 117 Å². The van der Waals surface area contributed by atoms with E-state index in [-0.39, 0.29) is 0 Å². The highest BCUT2D eigenvalue weighted by Gasteiger charge is 2.10. The summed E-state index contributed by atoms with van der Waals surface area (Å²) in [5.41, 5.74) is 0. The van der Waals surface area contributed by atoms with Gasteiger partial charge in [-0.15, -0.1) is 0 Å². The molecule has 4 nitrogen and oxygen atoms in total. The van der Waals surface area contributed by atoms with Gasteiger partial charge in [0.1, 0.15) is 0 Å². The molecule has 0 aliphatic carbocycles. The average Bonchev–Trinajstić information content (AvgIpc) is 2.69. The number of hydrogen-bond acceptors (Lipinski definition) is 4. The first kappa shape index (κ1) is 27.8. The molecule has 0 spiro atoms. The Balaban J connectivity index is 3.29. The van der Waals surface area contributed by atoms with E-state index in [1.54, 1.807) is 0 Å². The highest BCUT2D eigenvalue weighted by molar-refractivity contribution is 4.50. The minimum Gasteiger partial charge on any atom is -0.366 e. The fourth-order valence-corrected chi connectivity index (χ4v) is 3.48. The molecule has 0 amide bonds. The Labute approximate surface area is 175 Å². The molecule has 2 atom stereocenters. The van der Waals surface area contributed by atoms with Gasteiger partial charge in [-0.2, -0.15) is 0 Å². The Morgan fingerprint density at radius 3 is 0.964 bits per heavy atom. The largest absolute Gasteiger partial charge is 0.366 e. The molecule has 0 bridgehead atoms. The fourth-order valence-electron chi connectivity index (χ4n) is 3.48. The molecule has 28 heavy (non-hydrogen) atoms. The lowest BCUT2D eigenvalue weighted by Crippen LogP contribution is -2.19. The third kappa shape index (κ3) is 22.1. The third-order valence-electron chi connectivity index (χ3n) is 5.39. The number of aliphatic hydroxyl groups excluding tert-OH is 2. The Bertz CT molecular complexity index is 258. The monoisotopic (exact) mass is 402 g/mol. The SMILES string of the molecule is CCCCCCCCCCC[C@@H](O)OO[C@@H](O)CCCCCCCCCCC. The molecule has 0 aromatic rings. The van der Waals surface area contributed by atoms with Gasteiger partial charge in [0.05, 0.1) is 0 Å². The van der Waals surface area contributed by atoms with E-state index in [0.29, 0.717) is 12.8 Å². The van der Waals surface area contributed by atoms with Gasteiger partial charge in [0.15, 0.2) is 12.6 Å². The van der Waals surface area contributed by atoms with Crippen LogP contribution in [0.2, 0.25) is 0 Å². The summed E-state index contributed by atoms with van der Waals surface area (Å²) >= 11 is 0. The molecule has 0 radical (unpaired) electrons.